The van der Waals surface area contributed by atoms with Gasteiger partial charge in [-0.25, -0.2) is 12.7 Å². The molecule has 0 aliphatic heterocycles. The van der Waals surface area contributed by atoms with Gasteiger partial charge in [0.15, 0.2) is 0 Å². The zero-order valence-corrected chi connectivity index (χ0v) is 14.3. The van der Waals surface area contributed by atoms with E-state index in [1.807, 2.05) is 6.92 Å². The molecule has 4 nitrogen and oxygen atoms in total. The molecule has 0 saturated heterocycles. The molecule has 5 heteroatoms. The Balaban J connectivity index is 4.17. The molecule has 0 rings (SSSR count). The van der Waals surface area contributed by atoms with E-state index in [0.717, 1.165) is 32.4 Å². The van der Waals surface area contributed by atoms with E-state index in [-0.39, 0.29) is 17.2 Å². The lowest BCUT2D eigenvalue weighted by Crippen LogP contribution is -2.43. The predicted octanol–water partition coefficient (Wildman–Crippen LogP) is 2.46. The second-order valence-electron chi connectivity index (χ2n) is 6.33. The number of nitrogens with zero attached hydrogens (tertiary/aromatic N) is 1. The molecule has 1 atom stereocenters. The Morgan fingerprint density at radius 2 is 1.74 bits per heavy atom. The molecule has 1 N–H and O–H groups in total. The third-order valence-corrected chi connectivity index (χ3v) is 5.67. The quantitative estimate of drug-likeness (QED) is 0.664. The molecule has 0 aromatic rings. The Morgan fingerprint density at radius 1 is 1.16 bits per heavy atom. The highest BCUT2D eigenvalue weighted by atomic mass is 32.2. The van der Waals surface area contributed by atoms with E-state index in [0.29, 0.717) is 0 Å². The lowest BCUT2D eigenvalue weighted by Gasteiger charge is -2.34. The molecular formula is C14H32N2O2S. The van der Waals surface area contributed by atoms with Crippen molar-refractivity contribution in [3.05, 3.63) is 0 Å². The molecule has 0 aromatic carbocycles. The smallest absolute Gasteiger partial charge is 0.214 e. The zero-order valence-electron chi connectivity index (χ0n) is 13.5. The summed E-state index contributed by atoms with van der Waals surface area (Å²) in [6.45, 7) is 12.2. The zero-order chi connectivity index (χ0) is 15.1. The van der Waals surface area contributed by atoms with Crippen molar-refractivity contribution in [1.29, 1.82) is 0 Å². The first-order valence-corrected chi connectivity index (χ1v) is 8.90. The molecule has 0 fully saturated rings. The van der Waals surface area contributed by atoms with Crippen molar-refractivity contribution in [3.8, 4) is 0 Å². The van der Waals surface area contributed by atoms with Crippen molar-refractivity contribution >= 4 is 10.0 Å². The summed E-state index contributed by atoms with van der Waals surface area (Å²) in [4.78, 5) is 0. The van der Waals surface area contributed by atoms with Crippen molar-refractivity contribution in [3.63, 3.8) is 0 Å². The van der Waals surface area contributed by atoms with Gasteiger partial charge in [-0.1, -0.05) is 27.7 Å². The minimum atomic E-state index is -3.13. The summed E-state index contributed by atoms with van der Waals surface area (Å²) in [5.74, 6) is 0.248. The van der Waals surface area contributed by atoms with Crippen LogP contribution in [0.25, 0.3) is 0 Å². The van der Waals surface area contributed by atoms with E-state index in [1.54, 1.807) is 7.05 Å². The fraction of sp³-hybridized carbons (Fsp3) is 1.00. The number of rotatable bonds is 9. The SMILES string of the molecule is CCCNCCCCS(=O)(=O)N(C)C(C)C(C)(C)C. The molecule has 0 amide bonds. The van der Waals surface area contributed by atoms with Gasteiger partial charge in [0.05, 0.1) is 5.75 Å². The van der Waals surface area contributed by atoms with Gasteiger partial charge in [0, 0.05) is 13.1 Å². The van der Waals surface area contributed by atoms with Crippen molar-refractivity contribution in [2.45, 2.75) is 59.9 Å². The van der Waals surface area contributed by atoms with Crippen LogP contribution in [-0.4, -0.2) is 44.7 Å². The van der Waals surface area contributed by atoms with Crippen LogP contribution < -0.4 is 5.32 Å². The Hall–Kier alpha value is -0.130. The maximum atomic E-state index is 12.2. The molecule has 0 radical (unpaired) electrons. The molecule has 116 valence electrons. The minimum Gasteiger partial charge on any atom is -0.317 e. The molecule has 0 spiro atoms. The molecule has 0 aliphatic carbocycles. The first-order valence-electron chi connectivity index (χ1n) is 7.29. The van der Waals surface area contributed by atoms with Gasteiger partial charge in [-0.2, -0.15) is 0 Å². The van der Waals surface area contributed by atoms with Crippen LogP contribution in [0.1, 0.15) is 53.9 Å². The Kier molecular flexibility index (Phi) is 8.17. The van der Waals surface area contributed by atoms with Crippen LogP contribution in [-0.2, 0) is 10.0 Å². The average molecular weight is 292 g/mol. The number of nitrogens with one attached hydrogen (secondary N) is 1. The summed E-state index contributed by atoms with van der Waals surface area (Å²) in [7, 11) is -1.43. The maximum absolute atomic E-state index is 12.2. The van der Waals surface area contributed by atoms with E-state index < -0.39 is 10.0 Å². The van der Waals surface area contributed by atoms with Crippen LogP contribution in [0, 0.1) is 5.41 Å². The van der Waals surface area contributed by atoms with Crippen LogP contribution in [0.5, 0.6) is 0 Å². The van der Waals surface area contributed by atoms with Gasteiger partial charge in [-0.3, -0.25) is 0 Å². The average Bonchev–Trinajstić information content (AvgIpc) is 2.30. The Bertz CT molecular complexity index is 334. The Labute approximate surface area is 120 Å². The van der Waals surface area contributed by atoms with E-state index in [9.17, 15) is 8.42 Å². The minimum absolute atomic E-state index is 0.00992. The monoisotopic (exact) mass is 292 g/mol. The maximum Gasteiger partial charge on any atom is 0.214 e. The molecule has 0 saturated carbocycles. The number of sulfonamides is 1. The van der Waals surface area contributed by atoms with E-state index in [1.165, 1.54) is 4.31 Å². The summed E-state index contributed by atoms with van der Waals surface area (Å²) < 4.78 is 26.0. The first-order chi connectivity index (χ1) is 8.63. The molecule has 0 bridgehead atoms. The van der Waals surface area contributed by atoms with Gasteiger partial charge in [0.2, 0.25) is 10.0 Å². The largest absolute Gasteiger partial charge is 0.317 e. The summed E-state index contributed by atoms with van der Waals surface area (Å²) in [5.41, 5.74) is -0.0372. The normalized spacial score (nSPS) is 14.9. The third-order valence-electron chi connectivity index (χ3n) is 3.67. The second-order valence-corrected chi connectivity index (χ2v) is 8.48. The lowest BCUT2D eigenvalue weighted by molar-refractivity contribution is 0.216. The van der Waals surface area contributed by atoms with Crippen molar-refractivity contribution in [2.24, 2.45) is 5.41 Å². The summed E-state index contributed by atoms with van der Waals surface area (Å²) in [6.07, 6.45) is 2.75. The lowest BCUT2D eigenvalue weighted by atomic mass is 9.88. The van der Waals surface area contributed by atoms with Crippen LogP contribution in [0.15, 0.2) is 0 Å². The van der Waals surface area contributed by atoms with Gasteiger partial charge in [-0.15, -0.1) is 0 Å². The standard InChI is InChI=1S/C14H32N2O2S/c1-7-10-15-11-8-9-12-19(17,18)16(6)13(2)14(3,4)5/h13,15H,7-12H2,1-6H3. The fourth-order valence-corrected chi connectivity index (χ4v) is 3.42. The number of unbranched alkanes of at least 4 members (excludes halogenated alkanes) is 1. The van der Waals surface area contributed by atoms with Gasteiger partial charge < -0.3 is 5.32 Å². The predicted molar refractivity (Wildman–Crippen MR) is 82.9 cm³/mol. The van der Waals surface area contributed by atoms with Crippen LogP contribution in [0.4, 0.5) is 0 Å². The van der Waals surface area contributed by atoms with Gasteiger partial charge in [-0.05, 0) is 44.7 Å². The molecule has 1 unspecified atom stereocenters. The van der Waals surface area contributed by atoms with E-state index in [4.69, 9.17) is 0 Å². The van der Waals surface area contributed by atoms with Crippen LogP contribution in [0.3, 0.4) is 0 Å². The van der Waals surface area contributed by atoms with Crippen molar-refractivity contribution < 1.29 is 8.42 Å². The molecule has 0 heterocycles. The summed E-state index contributed by atoms with van der Waals surface area (Å²) in [6, 6.07) is 0.00992. The summed E-state index contributed by atoms with van der Waals surface area (Å²) in [5, 5.41) is 3.29. The van der Waals surface area contributed by atoms with Crippen LogP contribution >= 0.6 is 0 Å². The Morgan fingerprint density at radius 3 is 2.21 bits per heavy atom. The third kappa shape index (κ3) is 7.28. The number of hydrogen-bond acceptors (Lipinski definition) is 3. The van der Waals surface area contributed by atoms with Crippen LogP contribution in [0.2, 0.25) is 0 Å². The van der Waals surface area contributed by atoms with Gasteiger partial charge in [0.1, 0.15) is 0 Å². The molecule has 0 aromatic heterocycles. The molecular weight excluding hydrogens is 260 g/mol. The first kappa shape index (κ1) is 18.9. The highest BCUT2D eigenvalue weighted by Crippen LogP contribution is 2.25. The topological polar surface area (TPSA) is 49.4 Å². The van der Waals surface area contributed by atoms with Gasteiger partial charge >= 0.3 is 0 Å². The van der Waals surface area contributed by atoms with Crippen molar-refractivity contribution in [1.82, 2.24) is 9.62 Å². The van der Waals surface area contributed by atoms with Gasteiger partial charge in [0.25, 0.3) is 0 Å². The molecule has 0 aliphatic rings. The van der Waals surface area contributed by atoms with Crippen molar-refractivity contribution in [2.75, 3.05) is 25.9 Å². The second kappa shape index (κ2) is 8.22. The highest BCUT2D eigenvalue weighted by molar-refractivity contribution is 7.89. The highest BCUT2D eigenvalue weighted by Gasteiger charge is 2.30. The molecule has 19 heavy (non-hydrogen) atoms. The van der Waals surface area contributed by atoms with E-state index in [2.05, 4.69) is 33.0 Å². The number of hydrogen-bond donors (Lipinski definition) is 1. The summed E-state index contributed by atoms with van der Waals surface area (Å²) >= 11 is 0. The fourth-order valence-electron chi connectivity index (χ4n) is 1.77. The van der Waals surface area contributed by atoms with E-state index >= 15 is 0 Å².